The van der Waals surface area contributed by atoms with Crippen LogP contribution in [0, 0.1) is 6.92 Å². The maximum atomic E-state index is 11.8. The number of hydrogen-bond donors (Lipinski definition) is 0. The van der Waals surface area contributed by atoms with E-state index in [0.717, 1.165) is 17.7 Å². The van der Waals surface area contributed by atoms with Gasteiger partial charge >= 0.3 is 0 Å². The van der Waals surface area contributed by atoms with Crippen molar-refractivity contribution in [3.05, 3.63) is 21.9 Å². The van der Waals surface area contributed by atoms with E-state index >= 15 is 0 Å². The number of unbranched alkanes of at least 4 members (excludes halogenated alkanes) is 7. The number of carbonyl (C=O) groups excluding carboxylic acids is 1. The molecule has 1 rings (SSSR count). The van der Waals surface area contributed by atoms with Crippen LogP contribution in [0.25, 0.3) is 0 Å². The average molecular weight is 266 g/mol. The van der Waals surface area contributed by atoms with E-state index in [1.807, 2.05) is 12.1 Å². The minimum atomic E-state index is 0.332. The predicted molar refractivity (Wildman–Crippen MR) is 80.6 cm³/mol. The Morgan fingerprint density at radius 3 is 2.17 bits per heavy atom. The van der Waals surface area contributed by atoms with Gasteiger partial charge in [0.05, 0.1) is 4.88 Å². The minimum absolute atomic E-state index is 0.332. The average Bonchev–Trinajstić information content (AvgIpc) is 2.79. The smallest absolute Gasteiger partial charge is 0.172 e. The molecule has 1 aromatic heterocycles. The van der Waals surface area contributed by atoms with E-state index in [9.17, 15) is 4.79 Å². The molecule has 0 atom stereocenters. The normalized spacial score (nSPS) is 10.8. The number of thiophene rings is 1. The first-order valence-corrected chi connectivity index (χ1v) is 8.15. The van der Waals surface area contributed by atoms with Crippen molar-refractivity contribution < 1.29 is 4.79 Å². The largest absolute Gasteiger partial charge is 0.293 e. The zero-order chi connectivity index (χ0) is 13.2. The highest BCUT2D eigenvalue weighted by molar-refractivity contribution is 7.14. The van der Waals surface area contributed by atoms with Gasteiger partial charge in [0.2, 0.25) is 0 Å². The zero-order valence-electron chi connectivity index (χ0n) is 11.8. The highest BCUT2D eigenvalue weighted by atomic mass is 32.1. The van der Waals surface area contributed by atoms with Gasteiger partial charge in [-0.25, -0.2) is 0 Å². The van der Waals surface area contributed by atoms with Crippen LogP contribution >= 0.6 is 11.3 Å². The highest BCUT2D eigenvalue weighted by Crippen LogP contribution is 2.18. The van der Waals surface area contributed by atoms with Crippen molar-refractivity contribution in [2.24, 2.45) is 0 Å². The molecule has 0 aliphatic rings. The van der Waals surface area contributed by atoms with E-state index in [1.165, 1.54) is 49.8 Å². The number of aryl methyl sites for hydroxylation is 1. The Morgan fingerprint density at radius 2 is 1.61 bits per heavy atom. The van der Waals surface area contributed by atoms with Crippen LogP contribution < -0.4 is 0 Å². The highest BCUT2D eigenvalue weighted by Gasteiger charge is 2.07. The van der Waals surface area contributed by atoms with E-state index in [1.54, 1.807) is 11.3 Å². The van der Waals surface area contributed by atoms with Crippen molar-refractivity contribution in [1.29, 1.82) is 0 Å². The van der Waals surface area contributed by atoms with Gasteiger partial charge in [-0.2, -0.15) is 0 Å². The van der Waals surface area contributed by atoms with Crippen molar-refractivity contribution in [3.63, 3.8) is 0 Å². The Kier molecular flexibility index (Phi) is 7.99. The number of carbonyl (C=O) groups is 1. The molecule has 0 unspecified atom stereocenters. The molecule has 1 aromatic rings. The number of hydrogen-bond acceptors (Lipinski definition) is 2. The maximum Gasteiger partial charge on any atom is 0.172 e. The summed E-state index contributed by atoms with van der Waals surface area (Å²) in [5.41, 5.74) is 0. The molecule has 0 spiro atoms. The van der Waals surface area contributed by atoms with Crippen LogP contribution in [-0.2, 0) is 0 Å². The summed E-state index contributed by atoms with van der Waals surface area (Å²) in [6, 6.07) is 4.00. The van der Waals surface area contributed by atoms with Crippen molar-refractivity contribution >= 4 is 17.1 Å². The van der Waals surface area contributed by atoms with Crippen LogP contribution in [-0.4, -0.2) is 5.78 Å². The molecule has 0 saturated heterocycles. The van der Waals surface area contributed by atoms with Crippen LogP contribution in [0.1, 0.15) is 79.3 Å². The fourth-order valence-electron chi connectivity index (χ4n) is 2.13. The van der Waals surface area contributed by atoms with Gasteiger partial charge in [0.15, 0.2) is 5.78 Å². The molecule has 0 fully saturated rings. The van der Waals surface area contributed by atoms with Gasteiger partial charge in [0.25, 0.3) is 0 Å². The summed E-state index contributed by atoms with van der Waals surface area (Å²) in [6.07, 6.45) is 11.1. The predicted octanol–water partition coefficient (Wildman–Crippen LogP) is 5.77. The van der Waals surface area contributed by atoms with Gasteiger partial charge in [-0.05, 0) is 25.5 Å². The van der Waals surface area contributed by atoms with E-state index in [4.69, 9.17) is 0 Å². The first kappa shape index (κ1) is 15.4. The summed E-state index contributed by atoms with van der Waals surface area (Å²) >= 11 is 1.62. The standard InChI is InChI=1S/C16H26OS/c1-3-4-5-6-7-8-9-10-11-15(17)16-13-12-14(2)18-16/h12-13H,3-11H2,1-2H3. The molecule has 2 heteroatoms. The lowest BCUT2D eigenvalue weighted by Gasteiger charge is -2.01. The second kappa shape index (κ2) is 9.32. The molecule has 0 radical (unpaired) electrons. The van der Waals surface area contributed by atoms with Gasteiger partial charge in [0, 0.05) is 11.3 Å². The lowest BCUT2D eigenvalue weighted by molar-refractivity contribution is 0.0983. The molecule has 0 N–H and O–H groups in total. The zero-order valence-corrected chi connectivity index (χ0v) is 12.7. The van der Waals surface area contributed by atoms with Gasteiger partial charge < -0.3 is 0 Å². The third kappa shape index (κ3) is 6.34. The second-order valence-corrected chi connectivity index (χ2v) is 6.35. The third-order valence-corrected chi connectivity index (χ3v) is 4.31. The van der Waals surface area contributed by atoms with E-state index < -0.39 is 0 Å². The molecule has 0 saturated carbocycles. The molecule has 102 valence electrons. The molecule has 0 aliphatic heterocycles. The van der Waals surface area contributed by atoms with E-state index in [-0.39, 0.29) is 0 Å². The molecule has 0 aliphatic carbocycles. The molecular weight excluding hydrogens is 240 g/mol. The summed E-state index contributed by atoms with van der Waals surface area (Å²) in [5, 5.41) is 0. The summed E-state index contributed by atoms with van der Waals surface area (Å²) in [5.74, 6) is 0.332. The summed E-state index contributed by atoms with van der Waals surface area (Å²) in [6.45, 7) is 4.30. The summed E-state index contributed by atoms with van der Waals surface area (Å²) < 4.78 is 0. The Hall–Kier alpha value is -0.630. The quantitative estimate of drug-likeness (QED) is 0.388. The monoisotopic (exact) mass is 266 g/mol. The number of rotatable bonds is 10. The fourth-order valence-corrected chi connectivity index (χ4v) is 2.96. The van der Waals surface area contributed by atoms with Crippen LogP contribution in [0.15, 0.2) is 12.1 Å². The first-order chi connectivity index (χ1) is 8.74. The third-order valence-electron chi connectivity index (χ3n) is 3.27. The molecular formula is C16H26OS. The summed E-state index contributed by atoms with van der Waals surface area (Å²) in [7, 11) is 0. The Balaban J connectivity index is 1.99. The van der Waals surface area contributed by atoms with E-state index in [0.29, 0.717) is 5.78 Å². The molecule has 0 amide bonds. The van der Waals surface area contributed by atoms with Crippen molar-refractivity contribution in [3.8, 4) is 0 Å². The molecule has 0 bridgehead atoms. The van der Waals surface area contributed by atoms with Crippen LogP contribution in [0.2, 0.25) is 0 Å². The van der Waals surface area contributed by atoms with E-state index in [2.05, 4.69) is 13.8 Å². The second-order valence-electron chi connectivity index (χ2n) is 5.06. The van der Waals surface area contributed by atoms with Gasteiger partial charge in [-0.1, -0.05) is 51.9 Å². The SMILES string of the molecule is CCCCCCCCCCC(=O)c1ccc(C)s1. The van der Waals surface area contributed by atoms with Gasteiger partial charge in [-0.3, -0.25) is 4.79 Å². The first-order valence-electron chi connectivity index (χ1n) is 7.33. The lowest BCUT2D eigenvalue weighted by Crippen LogP contribution is -1.95. The molecule has 0 aromatic carbocycles. The molecule has 1 heterocycles. The van der Waals surface area contributed by atoms with Crippen molar-refractivity contribution in [2.75, 3.05) is 0 Å². The minimum Gasteiger partial charge on any atom is -0.293 e. The number of ketones is 1. The van der Waals surface area contributed by atoms with Crippen LogP contribution in [0.5, 0.6) is 0 Å². The Bertz CT molecular complexity index is 341. The van der Waals surface area contributed by atoms with Gasteiger partial charge in [0.1, 0.15) is 0 Å². The lowest BCUT2D eigenvalue weighted by atomic mass is 10.1. The van der Waals surface area contributed by atoms with Crippen LogP contribution in [0.3, 0.4) is 0 Å². The van der Waals surface area contributed by atoms with Crippen molar-refractivity contribution in [1.82, 2.24) is 0 Å². The fraction of sp³-hybridized carbons (Fsp3) is 0.688. The number of Topliss-reactive ketones (excluding diaryl/α,β-unsaturated/α-hetero) is 1. The Labute approximate surface area is 116 Å². The Morgan fingerprint density at radius 1 is 1.00 bits per heavy atom. The molecule has 18 heavy (non-hydrogen) atoms. The summed E-state index contributed by atoms with van der Waals surface area (Å²) in [4.78, 5) is 14.0. The maximum absolute atomic E-state index is 11.8. The van der Waals surface area contributed by atoms with Crippen molar-refractivity contribution in [2.45, 2.75) is 71.6 Å². The van der Waals surface area contributed by atoms with Crippen LogP contribution in [0.4, 0.5) is 0 Å². The molecule has 1 nitrogen and oxygen atoms in total. The topological polar surface area (TPSA) is 17.1 Å². The van der Waals surface area contributed by atoms with Gasteiger partial charge in [-0.15, -0.1) is 11.3 Å².